The van der Waals surface area contributed by atoms with E-state index in [1.165, 1.54) is 0 Å². The number of nitrogens with one attached hydrogen (secondary N) is 2. The zero-order valence-corrected chi connectivity index (χ0v) is 12.9. The summed E-state index contributed by atoms with van der Waals surface area (Å²) in [6.45, 7) is 6.85. The van der Waals surface area contributed by atoms with Crippen LogP contribution in [0.15, 0.2) is 0 Å². The number of urea groups is 1. The van der Waals surface area contributed by atoms with Gasteiger partial charge in [-0.05, 0) is 26.4 Å². The molecule has 6 nitrogen and oxygen atoms in total. The third-order valence-electron chi connectivity index (χ3n) is 3.52. The molecule has 20 heavy (non-hydrogen) atoms. The number of rotatable bonds is 8. The van der Waals surface area contributed by atoms with Crippen molar-refractivity contribution >= 4 is 6.03 Å². The molecule has 3 N–H and O–H groups in total. The summed E-state index contributed by atoms with van der Waals surface area (Å²) in [4.78, 5) is 13.7. The lowest BCUT2D eigenvalue weighted by Gasteiger charge is -2.23. The Labute approximate surface area is 121 Å². The predicted molar refractivity (Wildman–Crippen MR) is 78.8 cm³/mol. The maximum atomic E-state index is 11.6. The van der Waals surface area contributed by atoms with Crippen LogP contribution in [0.25, 0.3) is 0 Å². The van der Waals surface area contributed by atoms with Gasteiger partial charge in [0.05, 0.1) is 18.8 Å². The topological polar surface area (TPSA) is 73.8 Å². The Hall–Kier alpha value is -0.850. The van der Waals surface area contributed by atoms with Crippen LogP contribution in [-0.2, 0) is 4.74 Å². The van der Waals surface area contributed by atoms with Gasteiger partial charge in [-0.15, -0.1) is 0 Å². The first-order valence-electron chi connectivity index (χ1n) is 7.61. The van der Waals surface area contributed by atoms with Gasteiger partial charge in [-0.3, -0.25) is 0 Å². The minimum atomic E-state index is -0.647. The number of aliphatic hydroxyl groups excluding tert-OH is 1. The molecule has 0 aromatic carbocycles. The molecule has 0 spiro atoms. The number of likely N-dealkylation sites (N-methyl/N-ethyl adjacent to an activating group) is 1. The van der Waals surface area contributed by atoms with Crippen molar-refractivity contribution in [1.29, 1.82) is 0 Å². The molecule has 0 unspecified atom stereocenters. The van der Waals surface area contributed by atoms with E-state index < -0.39 is 6.10 Å². The van der Waals surface area contributed by atoms with Crippen LogP contribution < -0.4 is 10.6 Å². The average Bonchev–Trinajstić information content (AvgIpc) is 2.75. The Kier molecular flexibility index (Phi) is 7.87. The normalized spacial score (nSPS) is 25.9. The molecule has 1 fully saturated rings. The molecule has 1 aliphatic heterocycles. The second kappa shape index (κ2) is 9.15. The molecule has 0 aromatic rings. The highest BCUT2D eigenvalue weighted by Crippen LogP contribution is 2.15. The number of carbonyl (C=O) groups is 1. The minimum absolute atomic E-state index is 0.228. The number of hydrogen-bond donors (Lipinski definition) is 3. The highest BCUT2D eigenvalue weighted by molar-refractivity contribution is 5.74. The molecule has 118 valence electrons. The first-order chi connectivity index (χ1) is 9.58. The predicted octanol–water partition coefficient (Wildman–Crippen LogP) is 0.556. The van der Waals surface area contributed by atoms with Crippen LogP contribution in [0.3, 0.4) is 0 Å². The van der Waals surface area contributed by atoms with E-state index in [0.717, 1.165) is 25.8 Å². The van der Waals surface area contributed by atoms with Crippen molar-refractivity contribution in [2.24, 2.45) is 0 Å². The quantitative estimate of drug-likeness (QED) is 0.610. The van der Waals surface area contributed by atoms with Crippen LogP contribution in [0, 0.1) is 0 Å². The van der Waals surface area contributed by atoms with E-state index in [1.807, 2.05) is 14.0 Å². The SMILES string of the molecule is CCCCN(C)C[C@@H]1OC[C@H](NC(=O)NCCC)[C@H]1O. The Balaban J connectivity index is 2.31. The lowest BCUT2D eigenvalue weighted by Crippen LogP contribution is -2.49. The molecular weight excluding hydrogens is 258 g/mol. The molecule has 1 saturated heterocycles. The van der Waals surface area contributed by atoms with Crippen molar-refractivity contribution in [3.05, 3.63) is 0 Å². The molecule has 0 radical (unpaired) electrons. The Morgan fingerprint density at radius 1 is 1.40 bits per heavy atom. The fourth-order valence-electron chi connectivity index (χ4n) is 2.26. The highest BCUT2D eigenvalue weighted by atomic mass is 16.5. The maximum Gasteiger partial charge on any atom is 0.315 e. The molecular formula is C14H29N3O3. The fourth-order valence-corrected chi connectivity index (χ4v) is 2.26. The van der Waals surface area contributed by atoms with Crippen LogP contribution in [0.2, 0.25) is 0 Å². The summed E-state index contributed by atoms with van der Waals surface area (Å²) in [5, 5.41) is 15.7. The number of ether oxygens (including phenoxy) is 1. The van der Waals surface area contributed by atoms with E-state index in [9.17, 15) is 9.90 Å². The Morgan fingerprint density at radius 3 is 2.80 bits per heavy atom. The minimum Gasteiger partial charge on any atom is -0.388 e. The van der Waals surface area contributed by atoms with Crippen molar-refractivity contribution < 1.29 is 14.6 Å². The van der Waals surface area contributed by atoms with E-state index in [2.05, 4.69) is 22.5 Å². The van der Waals surface area contributed by atoms with Crippen LogP contribution in [-0.4, -0.2) is 67.6 Å². The first-order valence-corrected chi connectivity index (χ1v) is 7.61. The summed E-state index contributed by atoms with van der Waals surface area (Å²) in [5.74, 6) is 0. The monoisotopic (exact) mass is 287 g/mol. The van der Waals surface area contributed by atoms with E-state index in [0.29, 0.717) is 19.7 Å². The zero-order valence-electron chi connectivity index (χ0n) is 12.9. The molecule has 0 aliphatic carbocycles. The van der Waals surface area contributed by atoms with Crippen molar-refractivity contribution in [3.8, 4) is 0 Å². The van der Waals surface area contributed by atoms with Crippen molar-refractivity contribution in [2.45, 2.75) is 51.4 Å². The summed E-state index contributed by atoms with van der Waals surface area (Å²) >= 11 is 0. The molecule has 1 aliphatic rings. The number of aliphatic hydroxyl groups is 1. The van der Waals surface area contributed by atoms with Gasteiger partial charge in [0.1, 0.15) is 6.10 Å². The Morgan fingerprint density at radius 2 is 2.15 bits per heavy atom. The number of carbonyl (C=O) groups excluding carboxylic acids is 1. The van der Waals surface area contributed by atoms with Gasteiger partial charge in [0.25, 0.3) is 0 Å². The fraction of sp³-hybridized carbons (Fsp3) is 0.929. The largest absolute Gasteiger partial charge is 0.388 e. The first kappa shape index (κ1) is 17.2. The lowest BCUT2D eigenvalue weighted by atomic mass is 10.1. The molecule has 2 amide bonds. The van der Waals surface area contributed by atoms with Gasteiger partial charge in [-0.1, -0.05) is 20.3 Å². The van der Waals surface area contributed by atoms with Crippen LogP contribution in [0.1, 0.15) is 33.1 Å². The number of unbranched alkanes of at least 4 members (excludes halogenated alkanes) is 1. The van der Waals surface area contributed by atoms with E-state index in [4.69, 9.17) is 4.74 Å². The van der Waals surface area contributed by atoms with Gasteiger partial charge in [-0.2, -0.15) is 0 Å². The summed E-state index contributed by atoms with van der Waals surface area (Å²) in [5.41, 5.74) is 0. The number of hydrogen-bond acceptors (Lipinski definition) is 4. The van der Waals surface area contributed by atoms with Gasteiger partial charge >= 0.3 is 6.03 Å². The van der Waals surface area contributed by atoms with Gasteiger partial charge in [0.2, 0.25) is 0 Å². The third kappa shape index (κ3) is 5.64. The van der Waals surface area contributed by atoms with Crippen LogP contribution in [0.5, 0.6) is 0 Å². The Bertz CT molecular complexity index is 289. The third-order valence-corrected chi connectivity index (χ3v) is 3.52. The second-order valence-corrected chi connectivity index (χ2v) is 5.48. The van der Waals surface area contributed by atoms with Gasteiger partial charge in [0.15, 0.2) is 0 Å². The van der Waals surface area contributed by atoms with Gasteiger partial charge in [-0.25, -0.2) is 4.79 Å². The smallest absolute Gasteiger partial charge is 0.315 e. The zero-order chi connectivity index (χ0) is 15.0. The molecule has 6 heteroatoms. The highest BCUT2D eigenvalue weighted by Gasteiger charge is 2.37. The summed E-state index contributed by atoms with van der Waals surface area (Å²) in [7, 11) is 2.03. The summed E-state index contributed by atoms with van der Waals surface area (Å²) in [6, 6.07) is -0.559. The average molecular weight is 287 g/mol. The van der Waals surface area contributed by atoms with E-state index in [1.54, 1.807) is 0 Å². The van der Waals surface area contributed by atoms with E-state index in [-0.39, 0.29) is 18.2 Å². The molecule has 1 rings (SSSR count). The molecule has 0 aromatic heterocycles. The van der Waals surface area contributed by atoms with Gasteiger partial charge < -0.3 is 25.4 Å². The summed E-state index contributed by atoms with van der Waals surface area (Å²) in [6.07, 6.45) is 2.31. The molecule has 0 bridgehead atoms. The lowest BCUT2D eigenvalue weighted by molar-refractivity contribution is 0.0201. The number of amides is 2. The summed E-state index contributed by atoms with van der Waals surface area (Å²) < 4.78 is 5.60. The van der Waals surface area contributed by atoms with E-state index >= 15 is 0 Å². The molecule has 0 saturated carbocycles. The second-order valence-electron chi connectivity index (χ2n) is 5.48. The van der Waals surface area contributed by atoms with Gasteiger partial charge in [0, 0.05) is 13.1 Å². The standard InChI is InChI=1S/C14H29N3O3/c1-4-6-8-17(3)9-12-13(18)11(10-20-12)16-14(19)15-7-5-2/h11-13,18H,4-10H2,1-3H3,(H2,15,16,19)/t11-,12-,13+/m0/s1. The van der Waals surface area contributed by atoms with Crippen LogP contribution >= 0.6 is 0 Å². The molecule has 1 heterocycles. The van der Waals surface area contributed by atoms with Crippen molar-refractivity contribution in [2.75, 3.05) is 33.3 Å². The molecule has 3 atom stereocenters. The van der Waals surface area contributed by atoms with Crippen molar-refractivity contribution in [3.63, 3.8) is 0 Å². The maximum absolute atomic E-state index is 11.6. The van der Waals surface area contributed by atoms with Crippen LogP contribution in [0.4, 0.5) is 4.79 Å². The number of nitrogens with zero attached hydrogens (tertiary/aromatic N) is 1. The van der Waals surface area contributed by atoms with Crippen molar-refractivity contribution in [1.82, 2.24) is 15.5 Å².